The Bertz CT molecular complexity index is 2860. The van der Waals surface area contributed by atoms with Crippen molar-refractivity contribution in [2.75, 3.05) is 0 Å². The Balaban J connectivity index is 1.32. The highest BCUT2D eigenvalue weighted by atomic mass is 32.1. The average molecular weight is 616 g/mol. The number of rotatable bonds is 3. The quantitative estimate of drug-likeness (QED) is 0.176. The molecule has 0 aliphatic carbocycles. The fraction of sp³-hybridized carbons (Fsp3) is 0. The fourth-order valence-corrected chi connectivity index (χ4v) is 8.81. The second-order valence-corrected chi connectivity index (χ2v) is 13.0. The molecule has 0 unspecified atom stereocenters. The Labute approximate surface area is 274 Å². The molecule has 3 aromatic heterocycles. The number of thiophene rings is 1. The number of aromatic nitrogens is 2. The lowest BCUT2D eigenvalue weighted by Gasteiger charge is -2.16. The predicted octanol–water partition coefficient (Wildman–Crippen LogP) is 12.5. The van der Waals surface area contributed by atoms with Gasteiger partial charge in [-0.15, -0.1) is 11.3 Å². The second-order valence-electron chi connectivity index (χ2n) is 12.0. The standard InChI is InChI=1S/C43H25N3S/c1-44-35-17-11-20-39(46-36-18-8-5-14-29(36)30-15-6-9-19-37(30)46)41(35)27-22-25-38-34(26-27)32-23-24-33-31-16-7-10-21-40(31)47-43(33)42(32)45(38)28-12-3-2-4-13-28/h2-26H. The Hall–Kier alpha value is -6.15. The SMILES string of the molecule is [C-]#[N+]c1cccc(-n2c3ccccc3c3ccccc32)c1-c1ccc2c(c1)c1ccc3c4ccccc4sc3c1n2-c1ccccc1. The van der Waals surface area contributed by atoms with Crippen molar-refractivity contribution in [1.82, 2.24) is 9.13 Å². The summed E-state index contributed by atoms with van der Waals surface area (Å²) < 4.78 is 7.33. The molecule has 0 aliphatic heterocycles. The Morgan fingerprint density at radius 1 is 0.489 bits per heavy atom. The Morgan fingerprint density at radius 3 is 1.91 bits per heavy atom. The first kappa shape index (κ1) is 26.1. The molecule has 0 atom stereocenters. The van der Waals surface area contributed by atoms with Crippen LogP contribution >= 0.6 is 11.3 Å². The molecule has 0 radical (unpaired) electrons. The zero-order chi connectivity index (χ0) is 31.1. The lowest BCUT2D eigenvalue weighted by Crippen LogP contribution is -1.97. The van der Waals surface area contributed by atoms with Crippen LogP contribution in [0.1, 0.15) is 0 Å². The van der Waals surface area contributed by atoms with Crippen LogP contribution in [-0.4, -0.2) is 9.13 Å². The number of benzene rings is 7. The molecule has 0 spiro atoms. The third kappa shape index (κ3) is 3.66. The van der Waals surface area contributed by atoms with Crippen molar-refractivity contribution < 1.29 is 0 Å². The van der Waals surface area contributed by atoms with E-state index in [9.17, 15) is 0 Å². The molecule has 7 aromatic carbocycles. The van der Waals surface area contributed by atoms with Crippen LogP contribution < -0.4 is 0 Å². The van der Waals surface area contributed by atoms with Gasteiger partial charge in [0.25, 0.3) is 0 Å². The molecule has 10 aromatic rings. The van der Waals surface area contributed by atoms with Gasteiger partial charge >= 0.3 is 0 Å². The Morgan fingerprint density at radius 2 is 1.15 bits per heavy atom. The van der Waals surface area contributed by atoms with E-state index >= 15 is 0 Å². The molecule has 0 saturated carbocycles. The monoisotopic (exact) mass is 615 g/mol. The van der Waals surface area contributed by atoms with Crippen LogP contribution in [0.3, 0.4) is 0 Å². The Kier molecular flexibility index (Phi) is 5.51. The molecule has 10 rings (SSSR count). The van der Waals surface area contributed by atoms with Crippen molar-refractivity contribution in [3.8, 4) is 22.5 Å². The minimum atomic E-state index is 0.641. The van der Waals surface area contributed by atoms with E-state index in [0.717, 1.165) is 39.1 Å². The average Bonchev–Trinajstić information content (AvgIpc) is 3.79. The number of hydrogen-bond acceptors (Lipinski definition) is 1. The van der Waals surface area contributed by atoms with Gasteiger partial charge in [-0.2, -0.15) is 0 Å². The van der Waals surface area contributed by atoms with Crippen molar-refractivity contribution in [1.29, 1.82) is 0 Å². The predicted molar refractivity (Wildman–Crippen MR) is 200 cm³/mol. The van der Waals surface area contributed by atoms with E-state index < -0.39 is 0 Å². The highest BCUT2D eigenvalue weighted by Gasteiger charge is 2.21. The molecule has 0 amide bonds. The van der Waals surface area contributed by atoms with E-state index in [0.29, 0.717) is 5.69 Å². The minimum absolute atomic E-state index is 0.641. The molecule has 47 heavy (non-hydrogen) atoms. The summed E-state index contributed by atoms with van der Waals surface area (Å²) in [5.41, 5.74) is 9.40. The van der Waals surface area contributed by atoms with Gasteiger partial charge in [-0.3, -0.25) is 0 Å². The summed E-state index contributed by atoms with van der Waals surface area (Å²) in [5.74, 6) is 0. The summed E-state index contributed by atoms with van der Waals surface area (Å²) in [6.07, 6.45) is 0. The van der Waals surface area contributed by atoms with Crippen molar-refractivity contribution in [3.63, 3.8) is 0 Å². The van der Waals surface area contributed by atoms with Crippen molar-refractivity contribution >= 4 is 80.8 Å². The number of fused-ring (bicyclic) bond motifs is 10. The molecular weight excluding hydrogens is 591 g/mol. The van der Waals surface area contributed by atoms with Gasteiger partial charge in [0.15, 0.2) is 5.69 Å². The minimum Gasteiger partial charge on any atom is -0.310 e. The molecule has 0 saturated heterocycles. The zero-order valence-electron chi connectivity index (χ0n) is 25.2. The number of para-hydroxylation sites is 3. The van der Waals surface area contributed by atoms with Crippen LogP contribution in [0.5, 0.6) is 0 Å². The van der Waals surface area contributed by atoms with E-state index in [4.69, 9.17) is 6.57 Å². The lowest BCUT2D eigenvalue weighted by molar-refractivity contribution is 1.18. The van der Waals surface area contributed by atoms with E-state index in [1.807, 2.05) is 23.5 Å². The van der Waals surface area contributed by atoms with Crippen molar-refractivity contribution in [3.05, 3.63) is 163 Å². The van der Waals surface area contributed by atoms with E-state index in [2.05, 4.69) is 154 Å². The van der Waals surface area contributed by atoms with Crippen LogP contribution in [0.15, 0.2) is 152 Å². The maximum atomic E-state index is 8.25. The molecule has 0 N–H and O–H groups in total. The van der Waals surface area contributed by atoms with Crippen molar-refractivity contribution in [2.24, 2.45) is 0 Å². The summed E-state index contributed by atoms with van der Waals surface area (Å²) in [5, 5.41) is 7.37. The topological polar surface area (TPSA) is 14.2 Å². The van der Waals surface area contributed by atoms with Gasteiger partial charge in [0.05, 0.1) is 33.3 Å². The molecule has 3 nitrogen and oxygen atoms in total. The summed E-state index contributed by atoms with van der Waals surface area (Å²) in [6.45, 7) is 8.25. The number of hydrogen-bond donors (Lipinski definition) is 0. The maximum absolute atomic E-state index is 8.25. The van der Waals surface area contributed by atoms with Gasteiger partial charge in [-0.1, -0.05) is 103 Å². The third-order valence-corrected chi connectivity index (χ3v) is 10.7. The molecule has 218 valence electrons. The van der Waals surface area contributed by atoms with Gasteiger partial charge in [0.1, 0.15) is 0 Å². The molecule has 4 heteroatoms. The third-order valence-electron chi connectivity index (χ3n) is 9.54. The van der Waals surface area contributed by atoms with E-state index in [1.54, 1.807) is 0 Å². The first-order chi connectivity index (χ1) is 23.3. The zero-order valence-corrected chi connectivity index (χ0v) is 26.0. The van der Waals surface area contributed by atoms with E-state index in [-0.39, 0.29) is 0 Å². The first-order valence-electron chi connectivity index (χ1n) is 15.7. The van der Waals surface area contributed by atoms with Crippen LogP contribution in [0.25, 0.3) is 91.1 Å². The highest BCUT2D eigenvalue weighted by Crippen LogP contribution is 2.46. The molecular formula is C43H25N3S. The highest BCUT2D eigenvalue weighted by molar-refractivity contribution is 7.26. The van der Waals surface area contributed by atoms with Gasteiger partial charge in [0, 0.05) is 54.0 Å². The molecule has 0 fully saturated rings. The van der Waals surface area contributed by atoms with Crippen molar-refractivity contribution in [2.45, 2.75) is 0 Å². The van der Waals surface area contributed by atoms with Gasteiger partial charge < -0.3 is 9.13 Å². The summed E-state index contributed by atoms with van der Waals surface area (Å²) >= 11 is 1.86. The van der Waals surface area contributed by atoms with Gasteiger partial charge in [-0.25, -0.2) is 4.85 Å². The summed E-state index contributed by atoms with van der Waals surface area (Å²) in [4.78, 5) is 4.07. The van der Waals surface area contributed by atoms with Gasteiger partial charge in [0.2, 0.25) is 0 Å². The smallest absolute Gasteiger partial charge is 0.196 e. The van der Waals surface area contributed by atoms with Gasteiger partial charge in [-0.05, 0) is 54.1 Å². The normalized spacial score (nSPS) is 11.8. The molecule has 3 heterocycles. The fourth-order valence-electron chi connectivity index (χ4n) is 7.57. The van der Waals surface area contributed by atoms with Crippen LogP contribution in [0.2, 0.25) is 0 Å². The van der Waals surface area contributed by atoms with Crippen LogP contribution in [0, 0.1) is 6.57 Å². The maximum Gasteiger partial charge on any atom is 0.196 e. The number of nitrogens with zero attached hydrogens (tertiary/aromatic N) is 3. The lowest BCUT2D eigenvalue weighted by atomic mass is 9.98. The largest absolute Gasteiger partial charge is 0.310 e. The van der Waals surface area contributed by atoms with E-state index in [1.165, 1.54) is 47.2 Å². The molecule has 0 aliphatic rings. The molecule has 0 bridgehead atoms. The first-order valence-corrected chi connectivity index (χ1v) is 16.5. The van der Waals surface area contributed by atoms with Crippen LogP contribution in [-0.2, 0) is 0 Å². The second kappa shape index (κ2) is 9.92. The summed E-state index contributed by atoms with van der Waals surface area (Å²) in [7, 11) is 0. The van der Waals surface area contributed by atoms with Crippen LogP contribution in [0.4, 0.5) is 5.69 Å². The summed E-state index contributed by atoms with van der Waals surface area (Å²) in [6, 6.07) is 53.9.